The highest BCUT2D eigenvalue weighted by molar-refractivity contribution is 5.52. The van der Waals surface area contributed by atoms with Crippen LogP contribution >= 0.6 is 0 Å². The summed E-state index contributed by atoms with van der Waals surface area (Å²) in [6.07, 6.45) is 1.55. The van der Waals surface area contributed by atoms with E-state index in [4.69, 9.17) is 19.3 Å². The average molecular weight is 261 g/mol. The van der Waals surface area contributed by atoms with Gasteiger partial charge < -0.3 is 19.3 Å². The molecule has 0 bridgehead atoms. The van der Waals surface area contributed by atoms with Gasteiger partial charge in [0.25, 0.3) is 0 Å². The highest BCUT2D eigenvalue weighted by Gasteiger charge is 2.12. The average Bonchev–Trinajstić information content (AvgIpc) is 2.48. The SMILES string of the molecule is COc1cccc(OC)c1Oc1ccc(CO)cn1. The second-order valence-corrected chi connectivity index (χ2v) is 3.76. The number of benzene rings is 1. The first kappa shape index (κ1) is 13.2. The summed E-state index contributed by atoms with van der Waals surface area (Å²) in [5.41, 5.74) is 0.722. The van der Waals surface area contributed by atoms with Crippen LogP contribution < -0.4 is 14.2 Å². The molecule has 2 aromatic rings. The lowest BCUT2D eigenvalue weighted by atomic mass is 10.3. The van der Waals surface area contributed by atoms with E-state index in [2.05, 4.69) is 4.98 Å². The number of aliphatic hydroxyl groups excluding tert-OH is 1. The number of aromatic nitrogens is 1. The van der Waals surface area contributed by atoms with E-state index in [-0.39, 0.29) is 6.61 Å². The maximum absolute atomic E-state index is 8.96. The molecule has 0 saturated heterocycles. The molecule has 0 spiro atoms. The van der Waals surface area contributed by atoms with Crippen molar-refractivity contribution >= 4 is 0 Å². The first-order valence-electron chi connectivity index (χ1n) is 5.73. The van der Waals surface area contributed by atoms with Crippen LogP contribution in [-0.2, 0) is 6.61 Å². The molecule has 0 radical (unpaired) electrons. The van der Waals surface area contributed by atoms with Crippen LogP contribution in [0, 0.1) is 0 Å². The van der Waals surface area contributed by atoms with E-state index >= 15 is 0 Å². The van der Waals surface area contributed by atoms with Crippen molar-refractivity contribution in [3.63, 3.8) is 0 Å². The standard InChI is InChI=1S/C14H15NO4/c1-17-11-4-3-5-12(18-2)14(11)19-13-7-6-10(9-16)8-15-13/h3-8,16H,9H2,1-2H3. The zero-order valence-corrected chi connectivity index (χ0v) is 10.8. The fourth-order valence-electron chi connectivity index (χ4n) is 1.59. The summed E-state index contributed by atoms with van der Waals surface area (Å²) in [7, 11) is 3.12. The molecule has 0 amide bonds. The molecule has 1 N–H and O–H groups in total. The van der Waals surface area contributed by atoms with Crippen molar-refractivity contribution in [1.29, 1.82) is 0 Å². The van der Waals surface area contributed by atoms with E-state index in [0.29, 0.717) is 23.1 Å². The molecule has 0 fully saturated rings. The van der Waals surface area contributed by atoms with Crippen LogP contribution in [0.25, 0.3) is 0 Å². The summed E-state index contributed by atoms with van der Waals surface area (Å²) < 4.78 is 16.1. The van der Waals surface area contributed by atoms with Gasteiger partial charge in [0.15, 0.2) is 11.5 Å². The third-order valence-electron chi connectivity index (χ3n) is 2.57. The summed E-state index contributed by atoms with van der Waals surface area (Å²) in [4.78, 5) is 4.10. The van der Waals surface area contributed by atoms with Gasteiger partial charge in [-0.3, -0.25) is 0 Å². The number of hydrogen-bond donors (Lipinski definition) is 1. The van der Waals surface area contributed by atoms with Crippen LogP contribution in [0.4, 0.5) is 0 Å². The topological polar surface area (TPSA) is 60.8 Å². The van der Waals surface area contributed by atoms with E-state index in [9.17, 15) is 0 Å². The molecule has 1 aromatic heterocycles. The molecule has 5 heteroatoms. The van der Waals surface area contributed by atoms with Crippen molar-refractivity contribution < 1.29 is 19.3 Å². The highest BCUT2D eigenvalue weighted by atomic mass is 16.5. The Bertz CT molecular complexity index is 517. The number of pyridine rings is 1. The Morgan fingerprint density at radius 1 is 1.05 bits per heavy atom. The molecule has 1 heterocycles. The summed E-state index contributed by atoms with van der Waals surface area (Å²) >= 11 is 0. The zero-order chi connectivity index (χ0) is 13.7. The van der Waals surface area contributed by atoms with Crippen LogP contribution in [0.2, 0.25) is 0 Å². The van der Waals surface area contributed by atoms with Gasteiger partial charge in [-0.1, -0.05) is 6.07 Å². The summed E-state index contributed by atoms with van der Waals surface area (Å²) in [6.45, 7) is -0.0503. The van der Waals surface area contributed by atoms with E-state index in [1.54, 1.807) is 44.7 Å². The Morgan fingerprint density at radius 3 is 2.21 bits per heavy atom. The van der Waals surface area contributed by atoms with Crippen molar-refractivity contribution in [3.8, 4) is 23.1 Å². The van der Waals surface area contributed by atoms with Gasteiger partial charge in [0.05, 0.1) is 20.8 Å². The van der Waals surface area contributed by atoms with Gasteiger partial charge in [0, 0.05) is 12.3 Å². The molecule has 0 unspecified atom stereocenters. The van der Waals surface area contributed by atoms with Crippen LogP contribution in [-0.4, -0.2) is 24.3 Å². The second-order valence-electron chi connectivity index (χ2n) is 3.76. The van der Waals surface area contributed by atoms with E-state index in [1.165, 1.54) is 0 Å². The second kappa shape index (κ2) is 6.06. The lowest BCUT2D eigenvalue weighted by molar-refractivity contribution is 0.281. The monoisotopic (exact) mass is 261 g/mol. The molecule has 100 valence electrons. The molecule has 0 aliphatic heterocycles. The Balaban J connectivity index is 2.30. The van der Waals surface area contributed by atoms with E-state index in [1.807, 2.05) is 6.07 Å². The third kappa shape index (κ3) is 2.95. The first-order chi connectivity index (χ1) is 9.28. The summed E-state index contributed by atoms with van der Waals surface area (Å²) in [5.74, 6) is 2.00. The minimum atomic E-state index is -0.0503. The smallest absolute Gasteiger partial charge is 0.219 e. The highest BCUT2D eigenvalue weighted by Crippen LogP contribution is 2.39. The molecule has 1 aromatic carbocycles. The van der Waals surface area contributed by atoms with E-state index in [0.717, 1.165) is 5.56 Å². The van der Waals surface area contributed by atoms with Crippen molar-refractivity contribution in [2.45, 2.75) is 6.61 Å². The minimum Gasteiger partial charge on any atom is -0.493 e. The predicted octanol–water partition coefficient (Wildman–Crippen LogP) is 2.38. The molecular formula is C14H15NO4. The zero-order valence-electron chi connectivity index (χ0n) is 10.8. The van der Waals surface area contributed by atoms with Crippen molar-refractivity contribution in [2.75, 3.05) is 14.2 Å². The van der Waals surface area contributed by atoms with Gasteiger partial charge >= 0.3 is 0 Å². The Hall–Kier alpha value is -2.27. The van der Waals surface area contributed by atoms with Crippen molar-refractivity contribution in [3.05, 3.63) is 42.1 Å². The van der Waals surface area contributed by atoms with E-state index < -0.39 is 0 Å². The van der Waals surface area contributed by atoms with Crippen molar-refractivity contribution in [1.82, 2.24) is 4.98 Å². The van der Waals surface area contributed by atoms with Gasteiger partial charge in [-0.15, -0.1) is 0 Å². The number of hydrogen-bond acceptors (Lipinski definition) is 5. The Labute approximate surface area is 111 Å². The summed E-state index contributed by atoms with van der Waals surface area (Å²) in [6, 6.07) is 8.79. The first-order valence-corrected chi connectivity index (χ1v) is 5.73. The molecule has 0 aliphatic rings. The number of ether oxygens (including phenoxy) is 3. The number of para-hydroxylation sites is 1. The Kier molecular flexibility index (Phi) is 4.20. The quantitative estimate of drug-likeness (QED) is 0.895. The van der Waals surface area contributed by atoms with Gasteiger partial charge in [-0.2, -0.15) is 0 Å². The van der Waals surface area contributed by atoms with Crippen LogP contribution in [0.3, 0.4) is 0 Å². The molecule has 19 heavy (non-hydrogen) atoms. The van der Waals surface area contributed by atoms with Gasteiger partial charge in [-0.25, -0.2) is 4.98 Å². The number of aliphatic hydroxyl groups is 1. The molecule has 0 saturated carbocycles. The molecule has 0 aliphatic carbocycles. The maximum Gasteiger partial charge on any atom is 0.219 e. The molecule has 0 atom stereocenters. The lowest BCUT2D eigenvalue weighted by Crippen LogP contribution is -1.96. The van der Waals surface area contributed by atoms with Crippen LogP contribution in [0.5, 0.6) is 23.1 Å². The largest absolute Gasteiger partial charge is 0.493 e. The minimum absolute atomic E-state index is 0.0503. The number of nitrogens with zero attached hydrogens (tertiary/aromatic N) is 1. The number of methoxy groups -OCH3 is 2. The summed E-state index contributed by atoms with van der Waals surface area (Å²) in [5, 5.41) is 8.96. The van der Waals surface area contributed by atoms with Crippen LogP contribution in [0.1, 0.15) is 5.56 Å². The normalized spacial score (nSPS) is 10.1. The van der Waals surface area contributed by atoms with Gasteiger partial charge in [-0.05, 0) is 23.8 Å². The third-order valence-corrected chi connectivity index (χ3v) is 2.57. The Morgan fingerprint density at radius 2 is 1.74 bits per heavy atom. The van der Waals surface area contributed by atoms with Crippen LogP contribution in [0.15, 0.2) is 36.5 Å². The lowest BCUT2D eigenvalue weighted by Gasteiger charge is -2.13. The molecular weight excluding hydrogens is 246 g/mol. The van der Waals surface area contributed by atoms with Gasteiger partial charge in [0.2, 0.25) is 11.6 Å². The van der Waals surface area contributed by atoms with Gasteiger partial charge in [0.1, 0.15) is 0 Å². The predicted molar refractivity (Wildman–Crippen MR) is 69.8 cm³/mol. The fraction of sp³-hybridized carbons (Fsp3) is 0.214. The maximum atomic E-state index is 8.96. The van der Waals surface area contributed by atoms with Crippen molar-refractivity contribution in [2.24, 2.45) is 0 Å². The number of rotatable bonds is 5. The molecule has 5 nitrogen and oxygen atoms in total. The fourth-order valence-corrected chi connectivity index (χ4v) is 1.59. The molecule has 2 rings (SSSR count).